The van der Waals surface area contributed by atoms with E-state index in [0.717, 1.165) is 11.4 Å². The van der Waals surface area contributed by atoms with Gasteiger partial charge in [0.15, 0.2) is 5.17 Å². The van der Waals surface area contributed by atoms with Crippen LogP contribution in [0.5, 0.6) is 0 Å². The zero-order valence-corrected chi connectivity index (χ0v) is 13.3. The summed E-state index contributed by atoms with van der Waals surface area (Å²) in [7, 11) is 0. The van der Waals surface area contributed by atoms with Gasteiger partial charge in [-0.25, -0.2) is 4.99 Å². The number of hydrogen-bond donors (Lipinski definition) is 1. The number of halogens is 1. The van der Waals surface area contributed by atoms with E-state index in [1.807, 2.05) is 42.5 Å². The molecule has 4 heteroatoms. The molecule has 0 aliphatic carbocycles. The largest absolute Gasteiger partial charge is 0.378 e. The summed E-state index contributed by atoms with van der Waals surface area (Å²) in [6, 6.07) is 18.3. The second kappa shape index (κ2) is 8.02. The summed E-state index contributed by atoms with van der Waals surface area (Å²) in [5.74, 6) is 0.849. The van der Waals surface area contributed by atoms with Crippen molar-refractivity contribution in [2.75, 3.05) is 0 Å². The van der Waals surface area contributed by atoms with Gasteiger partial charge in [-0.1, -0.05) is 59.8 Å². The number of nitrogens with two attached hydrogens (primary N) is 1. The van der Waals surface area contributed by atoms with Crippen LogP contribution in [0.25, 0.3) is 0 Å². The average molecular weight is 337 g/mol. The number of rotatable bonds is 3. The smallest absolute Gasteiger partial charge is 0.159 e. The van der Waals surface area contributed by atoms with E-state index in [9.17, 15) is 0 Å². The Hall–Kier alpha value is -1.26. The van der Waals surface area contributed by atoms with Crippen molar-refractivity contribution >= 4 is 39.6 Å². The molecule has 2 rings (SSSR count). The van der Waals surface area contributed by atoms with Gasteiger partial charge in [-0.2, -0.15) is 0 Å². The minimum Gasteiger partial charge on any atom is -0.378 e. The lowest BCUT2D eigenvalue weighted by Crippen LogP contribution is -2.06. The molecule has 2 N–H and O–H groups in total. The highest BCUT2D eigenvalue weighted by Gasteiger charge is 1.97. The summed E-state index contributed by atoms with van der Waals surface area (Å²) in [5.41, 5.74) is 9.29. The third-order valence-electron chi connectivity index (χ3n) is 2.50. The number of nitrogens with zero attached hydrogens (tertiary/aromatic N) is 1. The van der Waals surface area contributed by atoms with Crippen LogP contribution < -0.4 is 5.73 Å². The normalized spacial score (nSPS) is 10.9. The van der Waals surface area contributed by atoms with Gasteiger partial charge in [0, 0.05) is 5.75 Å². The molecular weight excluding hydrogens is 320 g/mol. The van der Waals surface area contributed by atoms with Crippen molar-refractivity contribution in [3.63, 3.8) is 0 Å². The van der Waals surface area contributed by atoms with Crippen molar-refractivity contribution in [1.29, 1.82) is 0 Å². The molecule has 0 atom stereocenters. The minimum absolute atomic E-state index is 0. The Balaban J connectivity index is 0.00000180. The Morgan fingerprint density at radius 3 is 2.32 bits per heavy atom. The van der Waals surface area contributed by atoms with Gasteiger partial charge in [0.05, 0.1) is 5.69 Å². The molecule has 0 aromatic heterocycles. The third kappa shape index (κ3) is 5.49. The number of benzene rings is 2. The van der Waals surface area contributed by atoms with Crippen LogP contribution in [0.15, 0.2) is 59.6 Å². The molecule has 0 radical (unpaired) electrons. The maximum atomic E-state index is 5.90. The van der Waals surface area contributed by atoms with E-state index in [0.29, 0.717) is 5.17 Å². The molecule has 100 valence electrons. The van der Waals surface area contributed by atoms with Gasteiger partial charge in [-0.05, 0) is 24.6 Å². The monoisotopic (exact) mass is 336 g/mol. The molecule has 2 aromatic rings. The Morgan fingerprint density at radius 2 is 1.68 bits per heavy atom. The number of aliphatic imine (C=N–C) groups is 1. The molecule has 0 bridgehead atoms. The van der Waals surface area contributed by atoms with Crippen LogP contribution in [-0.4, -0.2) is 5.17 Å². The zero-order valence-electron chi connectivity index (χ0n) is 10.7. The average Bonchev–Trinajstić information content (AvgIpc) is 2.40. The number of amidine groups is 1. The highest BCUT2D eigenvalue weighted by Crippen LogP contribution is 2.17. The lowest BCUT2D eigenvalue weighted by atomic mass is 10.2. The molecule has 0 aliphatic rings. The van der Waals surface area contributed by atoms with E-state index < -0.39 is 0 Å². The first-order chi connectivity index (χ1) is 8.74. The van der Waals surface area contributed by atoms with E-state index in [4.69, 9.17) is 5.73 Å². The second-order valence-electron chi connectivity index (χ2n) is 4.06. The number of thioether (sulfide) groups is 1. The van der Waals surface area contributed by atoms with Crippen LogP contribution in [0, 0.1) is 6.92 Å². The minimum atomic E-state index is 0. The number of hydrogen-bond acceptors (Lipinski definition) is 2. The van der Waals surface area contributed by atoms with Crippen LogP contribution in [0.4, 0.5) is 5.69 Å². The zero-order chi connectivity index (χ0) is 12.8. The molecule has 2 aromatic carbocycles. The Bertz CT molecular complexity index is 524. The van der Waals surface area contributed by atoms with E-state index in [2.05, 4.69) is 24.0 Å². The fourth-order valence-corrected chi connectivity index (χ4v) is 2.19. The van der Waals surface area contributed by atoms with Gasteiger partial charge in [0.2, 0.25) is 0 Å². The number of aryl methyl sites for hydroxylation is 1. The molecule has 0 saturated heterocycles. The van der Waals surface area contributed by atoms with Crippen LogP contribution in [0.3, 0.4) is 0 Å². The van der Waals surface area contributed by atoms with Gasteiger partial charge in [-0.3, -0.25) is 0 Å². The van der Waals surface area contributed by atoms with Crippen molar-refractivity contribution in [1.82, 2.24) is 0 Å². The molecule has 0 saturated carbocycles. The van der Waals surface area contributed by atoms with Gasteiger partial charge < -0.3 is 5.73 Å². The molecule has 2 nitrogen and oxygen atoms in total. The van der Waals surface area contributed by atoms with Crippen LogP contribution in [0.1, 0.15) is 11.1 Å². The van der Waals surface area contributed by atoms with Crippen molar-refractivity contribution in [3.05, 3.63) is 65.7 Å². The van der Waals surface area contributed by atoms with E-state index in [1.165, 1.54) is 11.1 Å². The summed E-state index contributed by atoms with van der Waals surface area (Å²) in [6.07, 6.45) is 0. The van der Waals surface area contributed by atoms with Crippen molar-refractivity contribution < 1.29 is 0 Å². The molecule has 0 amide bonds. The lowest BCUT2D eigenvalue weighted by molar-refractivity contribution is 1.41. The summed E-state index contributed by atoms with van der Waals surface area (Å²) >= 11 is 1.56. The van der Waals surface area contributed by atoms with Crippen LogP contribution in [-0.2, 0) is 5.75 Å². The maximum absolute atomic E-state index is 5.90. The van der Waals surface area contributed by atoms with Gasteiger partial charge >= 0.3 is 0 Å². The Labute approximate surface area is 128 Å². The van der Waals surface area contributed by atoms with Crippen LogP contribution in [0.2, 0.25) is 0 Å². The quantitative estimate of drug-likeness (QED) is 0.664. The molecule has 0 aliphatic heterocycles. The Kier molecular flexibility index (Phi) is 6.67. The van der Waals surface area contributed by atoms with Crippen molar-refractivity contribution in [2.45, 2.75) is 12.7 Å². The molecule has 0 unspecified atom stereocenters. The highest BCUT2D eigenvalue weighted by atomic mass is 79.9. The molecular formula is C15H17BrN2S. The first-order valence-electron chi connectivity index (χ1n) is 5.81. The predicted octanol–water partition coefficient (Wildman–Crippen LogP) is 4.45. The van der Waals surface area contributed by atoms with Crippen molar-refractivity contribution in [3.8, 4) is 0 Å². The first-order valence-corrected chi connectivity index (χ1v) is 6.80. The maximum Gasteiger partial charge on any atom is 0.159 e. The molecule has 0 heterocycles. The fourth-order valence-electron chi connectivity index (χ4n) is 1.51. The molecule has 0 spiro atoms. The molecule has 19 heavy (non-hydrogen) atoms. The summed E-state index contributed by atoms with van der Waals surface area (Å²) in [4.78, 5) is 4.37. The summed E-state index contributed by atoms with van der Waals surface area (Å²) < 4.78 is 0. The first kappa shape index (κ1) is 15.8. The topological polar surface area (TPSA) is 38.4 Å². The fraction of sp³-hybridized carbons (Fsp3) is 0.133. The SMILES string of the molecule is Br.Cc1ccc(N=C(N)SCc2ccccc2)cc1. The van der Waals surface area contributed by atoms with E-state index in [-0.39, 0.29) is 17.0 Å². The van der Waals surface area contributed by atoms with Crippen molar-refractivity contribution in [2.24, 2.45) is 10.7 Å². The van der Waals surface area contributed by atoms with Crippen LogP contribution >= 0.6 is 28.7 Å². The summed E-state index contributed by atoms with van der Waals surface area (Å²) in [6.45, 7) is 2.06. The van der Waals surface area contributed by atoms with E-state index >= 15 is 0 Å². The predicted molar refractivity (Wildman–Crippen MR) is 90.5 cm³/mol. The standard InChI is InChI=1S/C15H16N2S.BrH/c1-12-7-9-14(10-8-12)17-15(16)18-11-13-5-3-2-4-6-13;/h2-10H,11H2,1H3,(H2,16,17);1H. The lowest BCUT2D eigenvalue weighted by Gasteiger charge is -2.01. The Morgan fingerprint density at radius 1 is 1.05 bits per heavy atom. The van der Waals surface area contributed by atoms with Gasteiger partial charge in [0.25, 0.3) is 0 Å². The van der Waals surface area contributed by atoms with Gasteiger partial charge in [0.1, 0.15) is 0 Å². The summed E-state index contributed by atoms with van der Waals surface area (Å²) in [5, 5.41) is 0.600. The molecule has 0 fully saturated rings. The highest BCUT2D eigenvalue weighted by molar-refractivity contribution is 8.93. The van der Waals surface area contributed by atoms with E-state index in [1.54, 1.807) is 11.8 Å². The second-order valence-corrected chi connectivity index (χ2v) is 5.06. The third-order valence-corrected chi connectivity index (χ3v) is 3.37. The van der Waals surface area contributed by atoms with Gasteiger partial charge in [-0.15, -0.1) is 17.0 Å².